The van der Waals surface area contributed by atoms with E-state index in [9.17, 15) is 0 Å². The van der Waals surface area contributed by atoms with E-state index in [4.69, 9.17) is 4.52 Å². The number of para-hydroxylation sites is 2. The molecule has 0 aliphatic rings. The summed E-state index contributed by atoms with van der Waals surface area (Å²) < 4.78 is 7.99. The molecular weight excluding hydrogens is 394 g/mol. The molecule has 0 aliphatic carbocycles. The van der Waals surface area contributed by atoms with Gasteiger partial charge >= 0.3 is 0 Å². The van der Waals surface area contributed by atoms with Crippen LogP contribution in [0.4, 0.5) is 0 Å². The smallest absolute Gasteiger partial charge is 0.258 e. The quantitative estimate of drug-likeness (QED) is 0.309. The Kier molecular flexibility index (Phi) is 4.18. The second-order valence-corrected chi connectivity index (χ2v) is 8.11. The summed E-state index contributed by atoms with van der Waals surface area (Å²) in [6, 6.07) is 31.4. The Bertz CT molecular complexity index is 1540. The van der Waals surface area contributed by atoms with Crippen molar-refractivity contribution in [1.29, 1.82) is 0 Å². The minimum Gasteiger partial charge on any atom is -0.334 e. The first kappa shape index (κ1) is 18.6. The maximum atomic E-state index is 5.64. The Morgan fingerprint density at radius 1 is 0.688 bits per heavy atom. The van der Waals surface area contributed by atoms with Crippen molar-refractivity contribution in [2.24, 2.45) is 0 Å². The van der Waals surface area contributed by atoms with Gasteiger partial charge in [-0.3, -0.25) is 0 Å². The lowest BCUT2D eigenvalue weighted by Gasteiger charge is -2.14. The van der Waals surface area contributed by atoms with Crippen LogP contribution < -0.4 is 0 Å². The van der Waals surface area contributed by atoms with Crippen LogP contribution in [0.2, 0.25) is 0 Å². The van der Waals surface area contributed by atoms with Crippen LogP contribution in [-0.4, -0.2) is 14.7 Å². The highest BCUT2D eigenvalue weighted by Crippen LogP contribution is 2.35. The SMILES string of the molecule is Cc1cc(-n2c3ccccc3c3ccccc32)c(C)cc1-c1nc(-c2ccccc2)no1. The first-order valence-electron chi connectivity index (χ1n) is 10.7. The van der Waals surface area contributed by atoms with Gasteiger partial charge in [-0.15, -0.1) is 0 Å². The predicted molar refractivity (Wildman–Crippen MR) is 129 cm³/mol. The molecule has 2 heterocycles. The third kappa shape index (κ3) is 2.84. The van der Waals surface area contributed by atoms with Crippen molar-refractivity contribution in [2.45, 2.75) is 13.8 Å². The first-order chi connectivity index (χ1) is 15.7. The van der Waals surface area contributed by atoms with E-state index in [0.29, 0.717) is 11.7 Å². The molecular formula is C28H21N3O. The van der Waals surface area contributed by atoms with Crippen LogP contribution in [0.25, 0.3) is 50.3 Å². The minimum atomic E-state index is 0.540. The highest BCUT2D eigenvalue weighted by Gasteiger charge is 2.17. The van der Waals surface area contributed by atoms with Crippen molar-refractivity contribution < 1.29 is 4.52 Å². The summed E-state index contributed by atoms with van der Waals surface area (Å²) in [6.07, 6.45) is 0. The maximum Gasteiger partial charge on any atom is 0.258 e. The summed E-state index contributed by atoms with van der Waals surface area (Å²) in [6.45, 7) is 4.23. The van der Waals surface area contributed by atoms with Gasteiger partial charge in [-0.05, 0) is 49.2 Å². The lowest BCUT2D eigenvalue weighted by molar-refractivity contribution is 0.432. The molecule has 4 nitrogen and oxygen atoms in total. The largest absolute Gasteiger partial charge is 0.334 e. The fraction of sp³-hybridized carbons (Fsp3) is 0.0714. The molecule has 0 saturated carbocycles. The van der Waals surface area contributed by atoms with E-state index in [-0.39, 0.29) is 0 Å². The topological polar surface area (TPSA) is 43.9 Å². The van der Waals surface area contributed by atoms with Crippen LogP contribution in [-0.2, 0) is 0 Å². The molecule has 4 aromatic carbocycles. The molecule has 0 bridgehead atoms. The Hall–Kier alpha value is -4.18. The van der Waals surface area contributed by atoms with Gasteiger partial charge in [-0.2, -0.15) is 4.98 Å². The number of hydrogen-bond donors (Lipinski definition) is 0. The maximum absolute atomic E-state index is 5.64. The molecule has 0 amide bonds. The Morgan fingerprint density at radius 3 is 2.00 bits per heavy atom. The fourth-order valence-corrected chi connectivity index (χ4v) is 4.49. The molecule has 6 rings (SSSR count). The van der Waals surface area contributed by atoms with Gasteiger partial charge in [0.1, 0.15) is 0 Å². The van der Waals surface area contributed by atoms with Crippen LogP contribution in [0.1, 0.15) is 11.1 Å². The van der Waals surface area contributed by atoms with Gasteiger partial charge in [0.15, 0.2) is 0 Å². The van der Waals surface area contributed by atoms with Gasteiger partial charge in [0.2, 0.25) is 5.82 Å². The number of benzene rings is 4. The van der Waals surface area contributed by atoms with Crippen LogP contribution >= 0.6 is 0 Å². The molecule has 0 N–H and O–H groups in total. The number of fused-ring (bicyclic) bond motifs is 3. The van der Waals surface area contributed by atoms with Crippen molar-refractivity contribution in [3.8, 4) is 28.5 Å². The molecule has 0 radical (unpaired) electrons. The molecule has 0 atom stereocenters. The molecule has 0 spiro atoms. The Labute approximate surface area is 185 Å². The summed E-state index contributed by atoms with van der Waals surface area (Å²) in [4.78, 5) is 4.66. The van der Waals surface area contributed by atoms with Crippen LogP contribution in [0.5, 0.6) is 0 Å². The molecule has 154 valence electrons. The average molecular weight is 415 g/mol. The summed E-state index contributed by atoms with van der Waals surface area (Å²) in [5.41, 5.74) is 7.71. The summed E-state index contributed by atoms with van der Waals surface area (Å²) in [5, 5.41) is 6.71. The third-order valence-electron chi connectivity index (χ3n) is 6.05. The zero-order valence-corrected chi connectivity index (χ0v) is 17.9. The minimum absolute atomic E-state index is 0.540. The summed E-state index contributed by atoms with van der Waals surface area (Å²) in [5.74, 6) is 1.14. The zero-order chi connectivity index (χ0) is 21.7. The van der Waals surface area contributed by atoms with Gasteiger partial charge in [0.05, 0.1) is 11.0 Å². The number of aromatic nitrogens is 3. The highest BCUT2D eigenvalue weighted by molar-refractivity contribution is 6.09. The van der Waals surface area contributed by atoms with Crippen molar-refractivity contribution in [2.75, 3.05) is 0 Å². The van der Waals surface area contributed by atoms with Crippen molar-refractivity contribution in [3.05, 3.63) is 102 Å². The Morgan fingerprint density at radius 2 is 1.31 bits per heavy atom. The highest BCUT2D eigenvalue weighted by atomic mass is 16.5. The monoisotopic (exact) mass is 415 g/mol. The number of rotatable bonds is 3. The standard InChI is InChI=1S/C28H21N3O/c1-18-17-26(31-24-14-8-6-12-21(24)22-13-7-9-15-25(22)31)19(2)16-23(18)28-29-27(30-32-28)20-10-4-3-5-11-20/h3-17H,1-2H3. The predicted octanol–water partition coefficient (Wildman–Crippen LogP) is 7.12. The first-order valence-corrected chi connectivity index (χ1v) is 10.7. The summed E-state index contributed by atoms with van der Waals surface area (Å²) >= 11 is 0. The van der Waals surface area contributed by atoms with Crippen LogP contribution in [0.3, 0.4) is 0 Å². The molecule has 0 saturated heterocycles. The molecule has 0 fully saturated rings. The Balaban J connectivity index is 1.52. The zero-order valence-electron chi connectivity index (χ0n) is 17.9. The lowest BCUT2D eigenvalue weighted by atomic mass is 10.0. The van der Waals surface area contributed by atoms with Gasteiger partial charge in [0.25, 0.3) is 5.89 Å². The van der Waals surface area contributed by atoms with E-state index in [1.54, 1.807) is 0 Å². The van der Waals surface area contributed by atoms with Crippen molar-refractivity contribution in [3.63, 3.8) is 0 Å². The molecule has 6 aromatic rings. The second kappa shape index (κ2) is 7.20. The molecule has 2 aromatic heterocycles. The van der Waals surface area contributed by atoms with E-state index in [0.717, 1.165) is 27.9 Å². The molecule has 32 heavy (non-hydrogen) atoms. The van der Waals surface area contributed by atoms with E-state index < -0.39 is 0 Å². The number of nitrogens with zero attached hydrogens (tertiary/aromatic N) is 3. The average Bonchev–Trinajstić information content (AvgIpc) is 3.44. The third-order valence-corrected chi connectivity index (χ3v) is 6.05. The van der Waals surface area contributed by atoms with Crippen LogP contribution in [0.15, 0.2) is 95.5 Å². The van der Waals surface area contributed by atoms with Gasteiger partial charge in [0, 0.05) is 27.6 Å². The molecule has 4 heteroatoms. The van der Waals surface area contributed by atoms with Gasteiger partial charge in [-0.1, -0.05) is 71.9 Å². The molecule has 0 unspecified atom stereocenters. The van der Waals surface area contributed by atoms with Crippen molar-refractivity contribution in [1.82, 2.24) is 14.7 Å². The van der Waals surface area contributed by atoms with Crippen LogP contribution in [0, 0.1) is 13.8 Å². The normalized spacial score (nSPS) is 11.4. The van der Waals surface area contributed by atoms with E-state index in [1.807, 2.05) is 30.3 Å². The number of aryl methyl sites for hydroxylation is 2. The van der Waals surface area contributed by atoms with Crippen molar-refractivity contribution >= 4 is 21.8 Å². The number of hydrogen-bond acceptors (Lipinski definition) is 3. The van der Waals surface area contributed by atoms with Gasteiger partial charge in [-0.25, -0.2) is 0 Å². The van der Waals surface area contributed by atoms with E-state index >= 15 is 0 Å². The fourth-order valence-electron chi connectivity index (χ4n) is 4.49. The lowest BCUT2D eigenvalue weighted by Crippen LogP contribution is -1.99. The van der Waals surface area contributed by atoms with E-state index in [1.165, 1.54) is 21.8 Å². The molecule has 0 aliphatic heterocycles. The second-order valence-electron chi connectivity index (χ2n) is 8.11. The van der Waals surface area contributed by atoms with Gasteiger partial charge < -0.3 is 9.09 Å². The summed E-state index contributed by atoms with van der Waals surface area (Å²) in [7, 11) is 0. The van der Waals surface area contributed by atoms with E-state index in [2.05, 4.69) is 89.2 Å².